The third-order valence-corrected chi connectivity index (χ3v) is 5.74. The minimum absolute atomic E-state index is 0.0928. The summed E-state index contributed by atoms with van der Waals surface area (Å²) in [7, 11) is 0. The average molecular weight is 371 g/mol. The molecule has 0 aliphatic carbocycles. The summed E-state index contributed by atoms with van der Waals surface area (Å²) in [6, 6.07) is 8.74. The molecule has 0 radical (unpaired) electrons. The first-order valence-corrected chi connectivity index (χ1v) is 8.89. The number of hydrogen-bond acceptors (Lipinski definition) is 1. The number of halogens is 1. The van der Waals surface area contributed by atoms with Crippen LogP contribution in [0.5, 0.6) is 0 Å². The van der Waals surface area contributed by atoms with Gasteiger partial charge in [-0.1, -0.05) is 36.4 Å². The Morgan fingerprint density at radius 3 is 2.96 bits per heavy atom. The van der Waals surface area contributed by atoms with Gasteiger partial charge in [0.05, 0.1) is 10.5 Å². The zero-order valence-electron chi connectivity index (χ0n) is 13.1. The standard InChI is InChI=1S/C19H19BrN2O/c1-2-15(20)19(23)22-12-10-14-13-7-3-4-8-16(13)21-11-6-5-9-17(22)18(14)21/h2-8,17H,9-12H2,1H3/b15-2-. The molecule has 1 amide bonds. The van der Waals surface area contributed by atoms with Gasteiger partial charge in [-0.3, -0.25) is 4.79 Å². The van der Waals surface area contributed by atoms with E-state index in [4.69, 9.17) is 0 Å². The van der Waals surface area contributed by atoms with E-state index in [-0.39, 0.29) is 11.9 Å². The van der Waals surface area contributed by atoms with Gasteiger partial charge in [-0.15, -0.1) is 0 Å². The Hall–Kier alpha value is -1.81. The lowest BCUT2D eigenvalue weighted by Gasteiger charge is -2.36. The van der Waals surface area contributed by atoms with Gasteiger partial charge in [0.15, 0.2) is 0 Å². The van der Waals surface area contributed by atoms with Crippen LogP contribution in [-0.4, -0.2) is 21.9 Å². The molecule has 1 unspecified atom stereocenters. The van der Waals surface area contributed by atoms with Crippen LogP contribution in [0.15, 0.2) is 47.0 Å². The van der Waals surface area contributed by atoms with Gasteiger partial charge in [-0.25, -0.2) is 0 Å². The van der Waals surface area contributed by atoms with Crippen molar-refractivity contribution >= 4 is 32.7 Å². The van der Waals surface area contributed by atoms with Gasteiger partial charge in [-0.05, 0) is 47.3 Å². The smallest absolute Gasteiger partial charge is 0.261 e. The van der Waals surface area contributed by atoms with E-state index in [0.717, 1.165) is 25.9 Å². The van der Waals surface area contributed by atoms with Crippen molar-refractivity contribution in [3.05, 3.63) is 58.2 Å². The Morgan fingerprint density at radius 2 is 2.13 bits per heavy atom. The second kappa shape index (κ2) is 5.68. The monoisotopic (exact) mass is 370 g/mol. The van der Waals surface area contributed by atoms with Gasteiger partial charge in [0.2, 0.25) is 0 Å². The quantitative estimate of drug-likeness (QED) is 0.541. The molecule has 2 aliphatic rings. The van der Waals surface area contributed by atoms with E-state index in [2.05, 4.69) is 56.9 Å². The van der Waals surface area contributed by atoms with E-state index in [9.17, 15) is 4.79 Å². The second-order valence-electron chi connectivity index (χ2n) is 6.10. The predicted molar refractivity (Wildman–Crippen MR) is 96.5 cm³/mol. The topological polar surface area (TPSA) is 25.2 Å². The third-order valence-electron chi connectivity index (χ3n) is 4.95. The minimum Gasteiger partial charge on any atom is -0.338 e. The Bertz CT molecular complexity index is 846. The lowest BCUT2D eigenvalue weighted by molar-refractivity contribution is -0.129. The van der Waals surface area contributed by atoms with Crippen LogP contribution in [0.4, 0.5) is 0 Å². The molecule has 1 atom stereocenters. The van der Waals surface area contributed by atoms with Crippen molar-refractivity contribution in [2.75, 3.05) is 6.54 Å². The summed E-state index contributed by atoms with van der Waals surface area (Å²) in [4.78, 5) is 14.8. The summed E-state index contributed by atoms with van der Waals surface area (Å²) >= 11 is 3.41. The molecule has 2 aliphatic heterocycles. The number of carbonyl (C=O) groups excluding carboxylic acids is 1. The number of para-hydroxylation sites is 1. The van der Waals surface area contributed by atoms with Crippen LogP contribution >= 0.6 is 15.9 Å². The molecule has 23 heavy (non-hydrogen) atoms. The van der Waals surface area contributed by atoms with Crippen LogP contribution in [0.2, 0.25) is 0 Å². The first kappa shape index (κ1) is 14.8. The molecular weight excluding hydrogens is 352 g/mol. The zero-order valence-corrected chi connectivity index (χ0v) is 14.7. The number of hydrogen-bond donors (Lipinski definition) is 0. The maximum Gasteiger partial charge on any atom is 0.261 e. The maximum absolute atomic E-state index is 12.7. The number of rotatable bonds is 1. The van der Waals surface area contributed by atoms with Crippen LogP contribution in [0.3, 0.4) is 0 Å². The molecule has 0 saturated carbocycles. The molecule has 0 saturated heterocycles. The van der Waals surface area contributed by atoms with Crippen LogP contribution in [0.1, 0.15) is 30.6 Å². The fraction of sp³-hybridized carbons (Fsp3) is 0.316. The summed E-state index contributed by atoms with van der Waals surface area (Å²) < 4.78 is 3.04. The summed E-state index contributed by atoms with van der Waals surface area (Å²) in [5.74, 6) is 0.0928. The number of allylic oxidation sites excluding steroid dienone is 2. The SMILES string of the molecule is C/C=C(\Br)C(=O)N1CCc2c3n(c4ccccc24)CC=CCC31. The summed E-state index contributed by atoms with van der Waals surface area (Å²) in [5.41, 5.74) is 4.04. The predicted octanol–water partition coefficient (Wildman–Crippen LogP) is 4.33. The average Bonchev–Trinajstić information content (AvgIpc) is 2.75. The van der Waals surface area contributed by atoms with Gasteiger partial charge >= 0.3 is 0 Å². The van der Waals surface area contributed by atoms with Gasteiger partial charge in [0, 0.05) is 29.7 Å². The molecular formula is C19H19BrN2O. The Kier molecular flexibility index (Phi) is 3.64. The van der Waals surface area contributed by atoms with Crippen molar-refractivity contribution in [3.8, 4) is 0 Å². The van der Waals surface area contributed by atoms with Gasteiger partial charge in [-0.2, -0.15) is 0 Å². The highest BCUT2D eigenvalue weighted by Crippen LogP contribution is 2.40. The van der Waals surface area contributed by atoms with Gasteiger partial charge < -0.3 is 9.47 Å². The van der Waals surface area contributed by atoms with Crippen LogP contribution in [-0.2, 0) is 17.8 Å². The number of benzene rings is 1. The van der Waals surface area contributed by atoms with Crippen LogP contribution < -0.4 is 0 Å². The molecule has 0 N–H and O–H groups in total. The Balaban J connectivity index is 1.90. The lowest BCUT2D eigenvalue weighted by atomic mass is 9.95. The lowest BCUT2D eigenvalue weighted by Crippen LogP contribution is -2.40. The van der Waals surface area contributed by atoms with Gasteiger partial charge in [0.25, 0.3) is 5.91 Å². The molecule has 0 bridgehead atoms. The van der Waals surface area contributed by atoms with Crippen molar-refractivity contribution in [3.63, 3.8) is 0 Å². The molecule has 2 aromatic rings. The number of nitrogens with zero attached hydrogens (tertiary/aromatic N) is 2. The van der Waals surface area contributed by atoms with Crippen molar-refractivity contribution in [2.45, 2.75) is 32.4 Å². The first-order chi connectivity index (χ1) is 11.2. The number of amides is 1. The number of fused-ring (bicyclic) bond motifs is 3. The fourth-order valence-electron chi connectivity index (χ4n) is 3.92. The van der Waals surface area contributed by atoms with Crippen LogP contribution in [0.25, 0.3) is 10.9 Å². The zero-order chi connectivity index (χ0) is 16.0. The summed E-state index contributed by atoms with van der Waals surface area (Å²) in [6.45, 7) is 3.56. The first-order valence-electron chi connectivity index (χ1n) is 8.10. The summed E-state index contributed by atoms with van der Waals surface area (Å²) in [5, 5.41) is 1.35. The number of aromatic nitrogens is 1. The second-order valence-corrected chi connectivity index (χ2v) is 6.95. The van der Waals surface area contributed by atoms with Crippen LogP contribution in [0, 0.1) is 0 Å². The Labute approximate surface area is 144 Å². The van der Waals surface area contributed by atoms with E-state index in [1.54, 1.807) is 0 Å². The van der Waals surface area contributed by atoms with E-state index >= 15 is 0 Å². The fourth-order valence-corrected chi connectivity index (χ4v) is 4.15. The Morgan fingerprint density at radius 1 is 1.30 bits per heavy atom. The molecule has 3 heterocycles. The highest BCUT2D eigenvalue weighted by Gasteiger charge is 2.35. The molecule has 4 rings (SSSR count). The largest absolute Gasteiger partial charge is 0.338 e. The van der Waals surface area contributed by atoms with E-state index in [1.807, 2.05) is 17.9 Å². The molecule has 1 aromatic heterocycles. The van der Waals surface area contributed by atoms with Crippen molar-refractivity contribution in [1.29, 1.82) is 0 Å². The molecule has 4 heteroatoms. The maximum atomic E-state index is 12.7. The summed E-state index contributed by atoms with van der Waals surface area (Å²) in [6.07, 6.45) is 8.08. The van der Waals surface area contributed by atoms with Crippen molar-refractivity contribution in [2.24, 2.45) is 0 Å². The molecule has 0 fully saturated rings. The van der Waals surface area contributed by atoms with Crippen molar-refractivity contribution < 1.29 is 4.79 Å². The van der Waals surface area contributed by atoms with E-state index in [1.165, 1.54) is 22.2 Å². The van der Waals surface area contributed by atoms with Crippen molar-refractivity contribution in [1.82, 2.24) is 9.47 Å². The van der Waals surface area contributed by atoms with Gasteiger partial charge in [0.1, 0.15) is 0 Å². The normalized spacial score (nSPS) is 20.5. The molecule has 3 nitrogen and oxygen atoms in total. The molecule has 0 spiro atoms. The minimum atomic E-state index is 0.0928. The van der Waals surface area contributed by atoms with E-state index < -0.39 is 0 Å². The molecule has 118 valence electrons. The number of carbonyl (C=O) groups is 1. The highest BCUT2D eigenvalue weighted by atomic mass is 79.9. The highest BCUT2D eigenvalue weighted by molar-refractivity contribution is 9.12. The van der Waals surface area contributed by atoms with E-state index in [0.29, 0.717) is 4.48 Å². The third kappa shape index (κ3) is 2.19. The molecule has 1 aromatic carbocycles.